The predicted molar refractivity (Wildman–Crippen MR) is 164 cm³/mol. The Morgan fingerprint density at radius 3 is 1.67 bits per heavy atom. The van der Waals surface area contributed by atoms with Crippen LogP contribution in [0.3, 0.4) is 0 Å². The summed E-state index contributed by atoms with van der Waals surface area (Å²) < 4.78 is 12.4. The molecule has 1 atom stereocenters. The molecule has 5 rings (SSSR count). The van der Waals surface area contributed by atoms with Crippen LogP contribution in [0.5, 0.6) is 11.5 Å². The van der Waals surface area contributed by atoms with Crippen molar-refractivity contribution in [1.29, 1.82) is 0 Å². The van der Waals surface area contributed by atoms with Crippen LogP contribution in [0.25, 0.3) is 0 Å². The summed E-state index contributed by atoms with van der Waals surface area (Å²) in [5.41, 5.74) is 9.02. The van der Waals surface area contributed by atoms with Crippen molar-refractivity contribution in [2.45, 2.75) is 115 Å². The second kappa shape index (κ2) is 9.00. The topological polar surface area (TPSA) is 21.7 Å². The van der Waals surface area contributed by atoms with E-state index in [0.717, 1.165) is 37.4 Å². The van der Waals surface area contributed by atoms with E-state index in [4.69, 9.17) is 9.47 Å². The molecule has 0 bridgehead atoms. The van der Waals surface area contributed by atoms with Crippen LogP contribution in [0.1, 0.15) is 121 Å². The molecule has 0 radical (unpaired) electrons. The van der Waals surface area contributed by atoms with Gasteiger partial charge in [0, 0.05) is 16.4 Å². The van der Waals surface area contributed by atoms with Gasteiger partial charge in [0.05, 0.1) is 14.2 Å². The monoisotopic (exact) mass is 531 g/mol. The summed E-state index contributed by atoms with van der Waals surface area (Å²) in [6, 6.07) is 9.95. The number of piperidine rings is 1. The van der Waals surface area contributed by atoms with Gasteiger partial charge in [-0.15, -0.1) is 0 Å². The lowest BCUT2D eigenvalue weighted by Crippen LogP contribution is -2.44. The highest BCUT2D eigenvalue weighted by molar-refractivity contribution is 5.65. The number of hydrogen-bond donors (Lipinski definition) is 0. The molecule has 1 fully saturated rings. The summed E-state index contributed by atoms with van der Waals surface area (Å²) in [4.78, 5) is 2.48. The minimum Gasteiger partial charge on any atom is -0.496 e. The van der Waals surface area contributed by atoms with E-state index in [1.165, 1.54) is 46.2 Å². The molecule has 1 heterocycles. The molecule has 3 heteroatoms. The van der Waals surface area contributed by atoms with Gasteiger partial charge in [0.15, 0.2) is 0 Å². The van der Waals surface area contributed by atoms with Crippen molar-refractivity contribution < 1.29 is 9.47 Å². The minimum absolute atomic E-state index is 0.0242. The van der Waals surface area contributed by atoms with E-state index in [-0.39, 0.29) is 27.1 Å². The number of ether oxygens (including phenoxy) is 2. The van der Waals surface area contributed by atoms with Gasteiger partial charge in [0.2, 0.25) is 0 Å². The highest BCUT2D eigenvalue weighted by Crippen LogP contribution is 2.65. The Hall–Kier alpha value is -2.00. The molecular formula is C36H53NO2. The fourth-order valence-corrected chi connectivity index (χ4v) is 8.85. The Morgan fingerprint density at radius 1 is 0.718 bits per heavy atom. The van der Waals surface area contributed by atoms with E-state index < -0.39 is 0 Å². The summed E-state index contributed by atoms with van der Waals surface area (Å²) in [6.45, 7) is 23.8. The molecule has 2 aliphatic carbocycles. The Morgan fingerprint density at radius 2 is 1.21 bits per heavy atom. The summed E-state index contributed by atoms with van der Waals surface area (Å²) >= 11 is 0. The highest BCUT2D eigenvalue weighted by atomic mass is 16.5. The zero-order valence-corrected chi connectivity index (χ0v) is 26.9. The van der Waals surface area contributed by atoms with E-state index in [1.54, 1.807) is 0 Å². The van der Waals surface area contributed by atoms with Gasteiger partial charge >= 0.3 is 0 Å². The predicted octanol–water partition coefficient (Wildman–Crippen LogP) is 8.27. The largest absolute Gasteiger partial charge is 0.496 e. The van der Waals surface area contributed by atoms with Crippen LogP contribution in [0, 0.1) is 5.92 Å². The van der Waals surface area contributed by atoms with E-state index >= 15 is 0 Å². The van der Waals surface area contributed by atoms with Crippen molar-refractivity contribution >= 4 is 0 Å². The lowest BCUT2D eigenvalue weighted by Gasteiger charge is -2.45. The van der Waals surface area contributed by atoms with E-state index in [1.807, 2.05) is 14.2 Å². The molecule has 1 aliphatic heterocycles. The SMILES string of the molecule is COc1cc2c(cc1C(C)(C)C)C(C)(C)CC21CC(C)(C)c2cc(C3(C(C)C)CCN(C)CC3)c(OC)cc21. The summed E-state index contributed by atoms with van der Waals surface area (Å²) in [6.07, 6.45) is 4.61. The van der Waals surface area contributed by atoms with Crippen molar-refractivity contribution in [3.8, 4) is 11.5 Å². The number of likely N-dealkylation sites (tertiary alicyclic amines) is 1. The molecule has 0 aromatic heterocycles. The van der Waals surface area contributed by atoms with Gasteiger partial charge in [-0.1, -0.05) is 74.4 Å². The van der Waals surface area contributed by atoms with E-state index in [2.05, 4.69) is 98.5 Å². The van der Waals surface area contributed by atoms with Gasteiger partial charge in [0.1, 0.15) is 11.5 Å². The third-order valence-corrected chi connectivity index (χ3v) is 11.0. The maximum atomic E-state index is 6.31. The Balaban J connectivity index is 1.76. The van der Waals surface area contributed by atoms with Crippen molar-refractivity contribution in [3.63, 3.8) is 0 Å². The van der Waals surface area contributed by atoms with Gasteiger partial charge in [-0.05, 0) is 108 Å². The lowest BCUT2D eigenvalue weighted by molar-refractivity contribution is 0.143. The molecule has 0 saturated carbocycles. The second-order valence-corrected chi connectivity index (χ2v) is 15.8. The van der Waals surface area contributed by atoms with Gasteiger partial charge in [-0.2, -0.15) is 0 Å². The molecule has 1 spiro atoms. The van der Waals surface area contributed by atoms with Gasteiger partial charge < -0.3 is 14.4 Å². The van der Waals surface area contributed by atoms with Crippen LogP contribution < -0.4 is 9.47 Å². The van der Waals surface area contributed by atoms with Crippen molar-refractivity contribution in [2.24, 2.45) is 5.92 Å². The van der Waals surface area contributed by atoms with Gasteiger partial charge in [-0.25, -0.2) is 0 Å². The molecule has 39 heavy (non-hydrogen) atoms. The smallest absolute Gasteiger partial charge is 0.122 e. The summed E-state index contributed by atoms with van der Waals surface area (Å²) in [5.74, 6) is 2.68. The summed E-state index contributed by atoms with van der Waals surface area (Å²) in [5, 5.41) is 0. The molecule has 2 aromatic carbocycles. The molecule has 1 unspecified atom stereocenters. The Kier molecular flexibility index (Phi) is 6.58. The molecular weight excluding hydrogens is 478 g/mol. The maximum absolute atomic E-state index is 6.31. The molecule has 214 valence electrons. The van der Waals surface area contributed by atoms with Crippen molar-refractivity contribution in [2.75, 3.05) is 34.4 Å². The van der Waals surface area contributed by atoms with E-state index in [0.29, 0.717) is 5.92 Å². The number of hydrogen-bond acceptors (Lipinski definition) is 3. The first-order valence-electron chi connectivity index (χ1n) is 15.2. The average Bonchev–Trinajstić information content (AvgIpc) is 3.21. The fourth-order valence-electron chi connectivity index (χ4n) is 8.85. The fraction of sp³-hybridized carbons (Fsp3) is 0.667. The first-order chi connectivity index (χ1) is 18.0. The zero-order chi connectivity index (χ0) is 28.8. The van der Waals surface area contributed by atoms with Gasteiger partial charge in [-0.3, -0.25) is 0 Å². The van der Waals surface area contributed by atoms with Crippen LogP contribution in [0.15, 0.2) is 24.3 Å². The van der Waals surface area contributed by atoms with Crippen LogP contribution in [0.4, 0.5) is 0 Å². The van der Waals surface area contributed by atoms with Crippen molar-refractivity contribution in [3.05, 3.63) is 57.6 Å². The molecule has 2 aromatic rings. The second-order valence-electron chi connectivity index (χ2n) is 15.8. The van der Waals surface area contributed by atoms with Crippen LogP contribution in [-0.2, 0) is 27.1 Å². The summed E-state index contributed by atoms with van der Waals surface area (Å²) in [7, 11) is 5.97. The molecule has 1 saturated heterocycles. The van der Waals surface area contributed by atoms with Gasteiger partial charge in [0.25, 0.3) is 0 Å². The molecule has 0 amide bonds. The number of nitrogens with zero attached hydrogens (tertiary/aromatic N) is 1. The average molecular weight is 532 g/mol. The Labute approximate surface area is 238 Å². The van der Waals surface area contributed by atoms with E-state index in [9.17, 15) is 0 Å². The standard InChI is InChI=1S/C36H53NO2/c1-23(2)35(13-15-37(10)16-14-35)29-18-25-27(20-31(29)39-12)36(22-34(25,8)9)21-33(6,7)24-17-28(32(3,4)5)30(38-11)19-26(24)36/h17-20,23H,13-16,21-22H2,1-12H3. The first-order valence-corrected chi connectivity index (χ1v) is 15.2. The third-order valence-electron chi connectivity index (χ3n) is 11.0. The lowest BCUT2D eigenvalue weighted by atomic mass is 9.64. The molecule has 0 N–H and O–H groups in total. The number of benzene rings is 2. The maximum Gasteiger partial charge on any atom is 0.122 e. The quantitative estimate of drug-likeness (QED) is 0.396. The Bertz CT molecular complexity index is 1270. The number of rotatable bonds is 4. The number of methoxy groups -OCH3 is 2. The zero-order valence-electron chi connectivity index (χ0n) is 26.9. The van der Waals surface area contributed by atoms with Crippen LogP contribution in [0.2, 0.25) is 0 Å². The molecule has 3 nitrogen and oxygen atoms in total. The minimum atomic E-state index is -0.0368. The molecule has 3 aliphatic rings. The normalized spacial score (nSPS) is 25.2. The third kappa shape index (κ3) is 4.16. The van der Waals surface area contributed by atoms with Crippen molar-refractivity contribution in [1.82, 2.24) is 4.90 Å². The first kappa shape index (κ1) is 28.5. The van der Waals surface area contributed by atoms with Crippen LogP contribution in [-0.4, -0.2) is 39.3 Å². The van der Waals surface area contributed by atoms with Crippen LogP contribution >= 0.6 is 0 Å². The number of fused-ring (bicyclic) bond motifs is 4. The highest BCUT2D eigenvalue weighted by Gasteiger charge is 2.57.